The summed E-state index contributed by atoms with van der Waals surface area (Å²) in [5, 5.41) is 1.03. The van der Waals surface area contributed by atoms with Crippen molar-refractivity contribution in [1.29, 1.82) is 0 Å². The molecule has 5 rings (SSSR count). The van der Waals surface area contributed by atoms with Crippen molar-refractivity contribution < 1.29 is 23.8 Å². The van der Waals surface area contributed by atoms with Gasteiger partial charge in [-0.3, -0.25) is 4.79 Å². The zero-order valence-electron chi connectivity index (χ0n) is 18.9. The number of nitrogens with one attached hydrogen (secondary N) is 1. The van der Waals surface area contributed by atoms with E-state index in [1.54, 1.807) is 4.90 Å². The molecule has 0 saturated carbocycles. The Balaban J connectivity index is 0.00000126. The minimum Gasteiger partial charge on any atom is -0.467 e. The summed E-state index contributed by atoms with van der Waals surface area (Å²) in [6.45, 7) is 4.15. The standard InChI is InChI=1S/C23H21ClN2O5.C2H6/c1-29-23(28)17-11-15-14-4-2-3-5-16(14)25-21(15)22(26(17)20(27)8-9-24)13-6-7-18-19(10-13)31-12-30-18;1-2/h2-7,10,17,22,25H,8-9,11-12H2,1H3;1-2H3/t17-,22-;/m1./s1. The van der Waals surface area contributed by atoms with Gasteiger partial charge in [0.2, 0.25) is 12.7 Å². The molecule has 0 unspecified atom stereocenters. The molecule has 1 amide bonds. The van der Waals surface area contributed by atoms with Crippen LogP contribution in [0.5, 0.6) is 11.5 Å². The SMILES string of the molecule is CC.COC(=O)[C@H]1Cc2c([nH]c3ccccc23)[C@@H](c2ccc3c(c2)OCO3)N1C(=O)CCCl. The second kappa shape index (κ2) is 9.75. The van der Waals surface area contributed by atoms with Crippen LogP contribution in [0.1, 0.15) is 43.1 Å². The van der Waals surface area contributed by atoms with Gasteiger partial charge >= 0.3 is 5.97 Å². The zero-order valence-corrected chi connectivity index (χ0v) is 19.6. The molecule has 1 aromatic heterocycles. The molecule has 2 aromatic carbocycles. The van der Waals surface area contributed by atoms with Gasteiger partial charge in [0.15, 0.2) is 11.5 Å². The third kappa shape index (κ3) is 4.02. The first kappa shape index (κ1) is 23.0. The molecule has 1 N–H and O–H groups in total. The molecule has 8 heteroatoms. The normalized spacial score (nSPS) is 18.4. The maximum absolute atomic E-state index is 13.2. The van der Waals surface area contributed by atoms with Gasteiger partial charge < -0.3 is 24.1 Å². The van der Waals surface area contributed by atoms with Crippen molar-refractivity contribution >= 4 is 34.4 Å². The van der Waals surface area contributed by atoms with Crippen molar-refractivity contribution in [2.24, 2.45) is 0 Å². The van der Waals surface area contributed by atoms with Crippen LogP contribution < -0.4 is 9.47 Å². The number of aromatic nitrogens is 1. The average molecular weight is 471 g/mol. The van der Waals surface area contributed by atoms with Gasteiger partial charge in [-0.25, -0.2) is 4.79 Å². The Morgan fingerprint density at radius 1 is 1.15 bits per heavy atom. The number of aromatic amines is 1. The maximum atomic E-state index is 13.2. The summed E-state index contributed by atoms with van der Waals surface area (Å²) < 4.78 is 16.1. The summed E-state index contributed by atoms with van der Waals surface area (Å²) in [7, 11) is 1.34. The number of amides is 1. The number of alkyl halides is 1. The van der Waals surface area contributed by atoms with Crippen molar-refractivity contribution in [2.45, 2.75) is 38.8 Å². The Morgan fingerprint density at radius 3 is 2.67 bits per heavy atom. The van der Waals surface area contributed by atoms with E-state index >= 15 is 0 Å². The number of hydrogen-bond acceptors (Lipinski definition) is 5. The number of fused-ring (bicyclic) bond motifs is 4. The summed E-state index contributed by atoms with van der Waals surface area (Å²) in [6, 6.07) is 12.2. The molecule has 0 fully saturated rings. The van der Waals surface area contributed by atoms with Crippen LogP contribution in [-0.2, 0) is 20.7 Å². The molecule has 3 heterocycles. The van der Waals surface area contributed by atoms with Crippen LogP contribution in [0.25, 0.3) is 10.9 Å². The molecule has 7 nitrogen and oxygen atoms in total. The lowest BCUT2D eigenvalue weighted by Gasteiger charge is -2.41. The fourth-order valence-electron chi connectivity index (χ4n) is 4.56. The molecule has 0 saturated heterocycles. The summed E-state index contributed by atoms with van der Waals surface area (Å²) in [6.07, 6.45) is 0.479. The third-order valence-corrected chi connectivity index (χ3v) is 6.10. The molecule has 2 aliphatic heterocycles. The van der Waals surface area contributed by atoms with Gasteiger partial charge in [-0.15, -0.1) is 11.6 Å². The first-order chi connectivity index (χ1) is 16.1. The highest BCUT2D eigenvalue weighted by Crippen LogP contribution is 2.44. The van der Waals surface area contributed by atoms with Crippen molar-refractivity contribution in [3.63, 3.8) is 0 Å². The van der Waals surface area contributed by atoms with Crippen LogP contribution in [0.2, 0.25) is 0 Å². The zero-order chi connectivity index (χ0) is 23.5. The number of ether oxygens (including phenoxy) is 3. The van der Waals surface area contributed by atoms with Gasteiger partial charge in [0.25, 0.3) is 0 Å². The van der Waals surface area contributed by atoms with Crippen LogP contribution >= 0.6 is 11.6 Å². The number of methoxy groups -OCH3 is 1. The highest BCUT2D eigenvalue weighted by atomic mass is 35.5. The van der Waals surface area contributed by atoms with Crippen molar-refractivity contribution in [1.82, 2.24) is 9.88 Å². The highest BCUT2D eigenvalue weighted by Gasteiger charge is 2.44. The lowest BCUT2D eigenvalue weighted by atomic mass is 9.87. The number of benzene rings is 2. The fraction of sp³-hybridized carbons (Fsp3) is 0.360. The van der Waals surface area contributed by atoms with Crippen LogP contribution in [0, 0.1) is 0 Å². The van der Waals surface area contributed by atoms with Gasteiger partial charge in [-0.1, -0.05) is 38.1 Å². The molecule has 0 aliphatic carbocycles. The van der Waals surface area contributed by atoms with E-state index in [4.69, 9.17) is 25.8 Å². The van der Waals surface area contributed by atoms with Crippen LogP contribution in [0.15, 0.2) is 42.5 Å². The minimum atomic E-state index is -0.761. The number of nitrogens with zero attached hydrogens (tertiary/aromatic N) is 1. The number of hydrogen-bond donors (Lipinski definition) is 1. The van der Waals surface area contributed by atoms with Gasteiger partial charge in [0.1, 0.15) is 6.04 Å². The van der Waals surface area contributed by atoms with Crippen LogP contribution in [0.3, 0.4) is 0 Å². The number of carbonyl (C=O) groups excluding carboxylic acids is 2. The van der Waals surface area contributed by atoms with Gasteiger partial charge in [0, 0.05) is 35.3 Å². The Labute approximate surface area is 197 Å². The van der Waals surface area contributed by atoms with Gasteiger partial charge in [-0.05, 0) is 29.3 Å². The van der Waals surface area contributed by atoms with Crippen molar-refractivity contribution in [3.05, 3.63) is 59.3 Å². The Kier molecular flexibility index (Phi) is 6.79. The molecular weight excluding hydrogens is 444 g/mol. The number of rotatable bonds is 4. The molecule has 0 radical (unpaired) electrons. The largest absolute Gasteiger partial charge is 0.467 e. The Bertz CT molecular complexity index is 1170. The summed E-state index contributed by atoms with van der Waals surface area (Å²) in [4.78, 5) is 31.1. The van der Waals surface area contributed by atoms with Gasteiger partial charge in [-0.2, -0.15) is 0 Å². The quantitative estimate of drug-likeness (QED) is 0.446. The summed E-state index contributed by atoms with van der Waals surface area (Å²) in [5.41, 5.74) is 3.65. The molecule has 2 atom stereocenters. The van der Waals surface area contributed by atoms with E-state index < -0.39 is 18.1 Å². The number of carbonyl (C=O) groups is 2. The average Bonchev–Trinajstić information content (AvgIpc) is 3.47. The lowest BCUT2D eigenvalue weighted by Crippen LogP contribution is -2.52. The molecule has 2 aliphatic rings. The number of esters is 1. The maximum Gasteiger partial charge on any atom is 0.328 e. The van der Waals surface area contributed by atoms with Crippen molar-refractivity contribution in [3.8, 4) is 11.5 Å². The predicted molar refractivity (Wildman–Crippen MR) is 126 cm³/mol. The lowest BCUT2D eigenvalue weighted by molar-refractivity contribution is -0.155. The first-order valence-electron chi connectivity index (χ1n) is 11.1. The number of H-pyrrole nitrogens is 1. The molecule has 33 heavy (non-hydrogen) atoms. The smallest absolute Gasteiger partial charge is 0.328 e. The second-order valence-electron chi connectivity index (χ2n) is 7.56. The van der Waals surface area contributed by atoms with Gasteiger partial charge in [0.05, 0.1) is 13.2 Å². The van der Waals surface area contributed by atoms with Crippen molar-refractivity contribution in [2.75, 3.05) is 19.8 Å². The molecule has 0 spiro atoms. The summed E-state index contributed by atoms with van der Waals surface area (Å²) in [5.74, 6) is 0.762. The van der Waals surface area contributed by atoms with Crippen LogP contribution in [-0.4, -0.2) is 47.6 Å². The van der Waals surface area contributed by atoms with E-state index in [9.17, 15) is 9.59 Å². The highest BCUT2D eigenvalue weighted by molar-refractivity contribution is 6.19. The molecule has 3 aromatic rings. The van der Waals surface area contributed by atoms with E-state index in [2.05, 4.69) is 4.98 Å². The van der Waals surface area contributed by atoms with E-state index in [-0.39, 0.29) is 25.0 Å². The molecule has 0 bridgehead atoms. The Hall–Kier alpha value is -3.19. The number of para-hydroxylation sites is 1. The molecule has 174 valence electrons. The topological polar surface area (TPSA) is 80.9 Å². The van der Waals surface area contributed by atoms with E-state index in [0.29, 0.717) is 17.9 Å². The second-order valence-corrected chi connectivity index (χ2v) is 7.94. The predicted octanol–water partition coefficient (Wildman–Crippen LogP) is 4.57. The molecular formula is C25H27ClN2O5. The first-order valence-corrected chi connectivity index (χ1v) is 11.6. The fourth-order valence-corrected chi connectivity index (χ4v) is 4.72. The minimum absolute atomic E-state index is 0.117. The van der Waals surface area contributed by atoms with E-state index in [1.807, 2.05) is 56.3 Å². The summed E-state index contributed by atoms with van der Waals surface area (Å²) >= 11 is 5.90. The Morgan fingerprint density at radius 2 is 1.91 bits per heavy atom. The monoisotopic (exact) mass is 470 g/mol. The third-order valence-electron chi connectivity index (χ3n) is 5.91. The number of halogens is 1. The van der Waals surface area contributed by atoms with E-state index in [1.165, 1.54) is 7.11 Å². The van der Waals surface area contributed by atoms with E-state index in [0.717, 1.165) is 27.7 Å². The van der Waals surface area contributed by atoms with Crippen LogP contribution in [0.4, 0.5) is 0 Å².